The molecular weight excluding hydrogens is 422 g/mol. The SMILES string of the molecule is CC(=O)OC1Cc2ccc(/C=C(\NC(=O)OC(C)(C)C)C(=O)OCc3ccccc3)cc2C1. The van der Waals surface area contributed by atoms with Crippen LogP contribution in [0.2, 0.25) is 0 Å². The normalized spacial score (nSPS) is 15.4. The first-order valence-electron chi connectivity index (χ1n) is 10.8. The van der Waals surface area contributed by atoms with Gasteiger partial charge in [-0.1, -0.05) is 48.5 Å². The molecule has 0 bridgehead atoms. The number of alkyl carbamates (subject to hydrolysis) is 1. The monoisotopic (exact) mass is 451 g/mol. The molecule has 2 aromatic carbocycles. The molecule has 0 aliphatic heterocycles. The van der Waals surface area contributed by atoms with Gasteiger partial charge < -0.3 is 14.2 Å². The van der Waals surface area contributed by atoms with Gasteiger partial charge in [0.15, 0.2) is 0 Å². The van der Waals surface area contributed by atoms with Crippen molar-refractivity contribution in [2.45, 2.75) is 58.8 Å². The van der Waals surface area contributed by atoms with Crippen molar-refractivity contribution < 1.29 is 28.6 Å². The molecule has 0 aromatic heterocycles. The molecule has 1 aliphatic carbocycles. The Labute approximate surface area is 193 Å². The van der Waals surface area contributed by atoms with Gasteiger partial charge in [0.2, 0.25) is 0 Å². The van der Waals surface area contributed by atoms with E-state index >= 15 is 0 Å². The molecule has 0 saturated heterocycles. The number of esters is 2. The maximum atomic E-state index is 12.8. The third kappa shape index (κ3) is 7.49. The highest BCUT2D eigenvalue weighted by Gasteiger charge is 2.25. The van der Waals surface area contributed by atoms with E-state index in [2.05, 4.69) is 5.32 Å². The molecular formula is C26H29NO6. The van der Waals surface area contributed by atoms with E-state index in [1.165, 1.54) is 6.92 Å². The standard InChI is InChI=1S/C26H29NO6/c1-17(28)32-22-14-20-11-10-19(12-21(20)15-22)13-23(27-25(30)33-26(2,3)4)24(29)31-16-18-8-6-5-7-9-18/h5-13,22H,14-16H2,1-4H3,(H,27,30)/b23-13-. The molecule has 1 amide bonds. The molecule has 0 spiro atoms. The first-order chi connectivity index (χ1) is 15.6. The molecule has 0 radical (unpaired) electrons. The summed E-state index contributed by atoms with van der Waals surface area (Å²) >= 11 is 0. The fourth-order valence-electron chi connectivity index (χ4n) is 3.53. The summed E-state index contributed by atoms with van der Waals surface area (Å²) in [6, 6.07) is 15.0. The van der Waals surface area contributed by atoms with E-state index < -0.39 is 17.7 Å². The third-order valence-electron chi connectivity index (χ3n) is 4.84. The van der Waals surface area contributed by atoms with Gasteiger partial charge in [-0.25, -0.2) is 9.59 Å². The van der Waals surface area contributed by atoms with Crippen LogP contribution in [0, 0.1) is 0 Å². The van der Waals surface area contributed by atoms with E-state index in [9.17, 15) is 14.4 Å². The van der Waals surface area contributed by atoms with E-state index in [1.807, 2.05) is 48.5 Å². The largest absolute Gasteiger partial charge is 0.462 e. The summed E-state index contributed by atoms with van der Waals surface area (Å²) in [7, 11) is 0. The van der Waals surface area contributed by atoms with E-state index in [0.717, 1.165) is 16.7 Å². The minimum absolute atomic E-state index is 0.0327. The zero-order valence-electron chi connectivity index (χ0n) is 19.3. The highest BCUT2D eigenvalue weighted by molar-refractivity contribution is 5.96. The van der Waals surface area contributed by atoms with Crippen molar-refractivity contribution in [3.63, 3.8) is 0 Å². The van der Waals surface area contributed by atoms with Gasteiger partial charge in [-0.15, -0.1) is 0 Å². The van der Waals surface area contributed by atoms with Gasteiger partial charge in [0.25, 0.3) is 0 Å². The average Bonchev–Trinajstić information content (AvgIpc) is 3.11. The second kappa shape index (κ2) is 10.3. The minimum atomic E-state index is -0.749. The average molecular weight is 452 g/mol. The van der Waals surface area contributed by atoms with Crippen molar-refractivity contribution in [3.8, 4) is 0 Å². The molecule has 1 atom stereocenters. The van der Waals surface area contributed by atoms with E-state index in [1.54, 1.807) is 26.8 Å². The fraction of sp³-hybridized carbons (Fsp3) is 0.346. The summed E-state index contributed by atoms with van der Waals surface area (Å²) in [4.78, 5) is 36.4. The van der Waals surface area contributed by atoms with Gasteiger partial charge in [-0.2, -0.15) is 0 Å². The first-order valence-corrected chi connectivity index (χ1v) is 10.8. The molecule has 174 valence electrons. The van der Waals surface area contributed by atoms with Crippen LogP contribution in [0.15, 0.2) is 54.2 Å². The second-order valence-electron chi connectivity index (χ2n) is 8.91. The van der Waals surface area contributed by atoms with Crippen molar-refractivity contribution in [1.82, 2.24) is 5.32 Å². The number of fused-ring (bicyclic) bond motifs is 1. The molecule has 3 rings (SSSR count). The molecule has 2 aromatic rings. The second-order valence-corrected chi connectivity index (χ2v) is 8.91. The highest BCUT2D eigenvalue weighted by Crippen LogP contribution is 2.26. The lowest BCUT2D eigenvalue weighted by Gasteiger charge is -2.20. The summed E-state index contributed by atoms with van der Waals surface area (Å²) in [5.41, 5.74) is 2.91. The van der Waals surface area contributed by atoms with Gasteiger partial charge in [0.1, 0.15) is 24.0 Å². The van der Waals surface area contributed by atoms with Gasteiger partial charge >= 0.3 is 18.0 Å². The Hall–Kier alpha value is -3.61. The van der Waals surface area contributed by atoms with Crippen molar-refractivity contribution in [3.05, 3.63) is 76.5 Å². The van der Waals surface area contributed by atoms with Crippen LogP contribution in [0.5, 0.6) is 0 Å². The van der Waals surface area contributed by atoms with Crippen LogP contribution in [0.4, 0.5) is 4.79 Å². The molecule has 7 heteroatoms. The number of carbonyl (C=O) groups excluding carboxylic acids is 3. The van der Waals surface area contributed by atoms with Crippen molar-refractivity contribution in [1.29, 1.82) is 0 Å². The molecule has 1 unspecified atom stereocenters. The Morgan fingerprint density at radius 2 is 1.73 bits per heavy atom. The van der Waals surface area contributed by atoms with Crippen molar-refractivity contribution in [2.24, 2.45) is 0 Å². The molecule has 0 saturated carbocycles. The van der Waals surface area contributed by atoms with Crippen molar-refractivity contribution >= 4 is 24.1 Å². The molecule has 7 nitrogen and oxygen atoms in total. The Balaban J connectivity index is 1.79. The van der Waals surface area contributed by atoms with E-state index in [-0.39, 0.29) is 24.4 Å². The van der Waals surface area contributed by atoms with Crippen molar-refractivity contribution in [2.75, 3.05) is 0 Å². The van der Waals surface area contributed by atoms with Gasteiger partial charge in [-0.05, 0) is 49.1 Å². The number of rotatable bonds is 6. The number of hydrogen-bond donors (Lipinski definition) is 1. The lowest BCUT2D eigenvalue weighted by molar-refractivity contribution is -0.145. The summed E-state index contributed by atoms with van der Waals surface area (Å²) < 4.78 is 16.0. The van der Waals surface area contributed by atoms with Crippen LogP contribution in [0.25, 0.3) is 6.08 Å². The van der Waals surface area contributed by atoms with Gasteiger partial charge in [0, 0.05) is 19.8 Å². The topological polar surface area (TPSA) is 90.9 Å². The first kappa shape index (κ1) is 24.0. The summed E-state index contributed by atoms with van der Waals surface area (Å²) in [5, 5.41) is 2.52. The Morgan fingerprint density at radius 3 is 2.39 bits per heavy atom. The van der Waals surface area contributed by atoms with Crippen LogP contribution in [-0.2, 0) is 43.2 Å². The number of hydrogen-bond acceptors (Lipinski definition) is 6. The Morgan fingerprint density at radius 1 is 1.03 bits per heavy atom. The maximum Gasteiger partial charge on any atom is 0.412 e. The third-order valence-corrected chi connectivity index (χ3v) is 4.84. The predicted octanol–water partition coefficient (Wildman–Crippen LogP) is 4.33. The number of carbonyl (C=O) groups is 3. The maximum absolute atomic E-state index is 12.8. The number of amides is 1. The molecule has 1 N–H and O–H groups in total. The smallest absolute Gasteiger partial charge is 0.412 e. The zero-order valence-corrected chi connectivity index (χ0v) is 19.3. The predicted molar refractivity (Wildman–Crippen MR) is 123 cm³/mol. The molecule has 1 aliphatic rings. The van der Waals surface area contributed by atoms with E-state index in [0.29, 0.717) is 18.4 Å². The quantitative estimate of drug-likeness (QED) is 0.399. The summed E-state index contributed by atoms with van der Waals surface area (Å²) in [5.74, 6) is -0.985. The lowest BCUT2D eigenvalue weighted by Crippen LogP contribution is -2.34. The zero-order chi connectivity index (χ0) is 24.0. The minimum Gasteiger partial charge on any atom is -0.462 e. The van der Waals surface area contributed by atoms with Crippen LogP contribution < -0.4 is 5.32 Å². The van der Waals surface area contributed by atoms with E-state index in [4.69, 9.17) is 14.2 Å². The van der Waals surface area contributed by atoms with Crippen LogP contribution in [0.3, 0.4) is 0 Å². The fourth-order valence-corrected chi connectivity index (χ4v) is 3.53. The Bertz CT molecular complexity index is 1050. The molecule has 0 heterocycles. The number of benzene rings is 2. The summed E-state index contributed by atoms with van der Waals surface area (Å²) in [6.45, 7) is 6.69. The lowest BCUT2D eigenvalue weighted by atomic mass is 10.1. The van der Waals surface area contributed by atoms with Gasteiger partial charge in [-0.3, -0.25) is 10.1 Å². The highest BCUT2D eigenvalue weighted by atomic mass is 16.6. The van der Waals surface area contributed by atoms with Crippen LogP contribution in [0.1, 0.15) is 49.9 Å². The molecule has 33 heavy (non-hydrogen) atoms. The van der Waals surface area contributed by atoms with Crippen LogP contribution >= 0.6 is 0 Å². The number of nitrogens with one attached hydrogen (secondary N) is 1. The van der Waals surface area contributed by atoms with Crippen LogP contribution in [-0.4, -0.2) is 29.7 Å². The number of ether oxygens (including phenoxy) is 3. The molecule has 0 fully saturated rings. The summed E-state index contributed by atoms with van der Waals surface area (Å²) in [6.07, 6.45) is 1.87. The Kier molecular flexibility index (Phi) is 7.53. The van der Waals surface area contributed by atoms with Gasteiger partial charge in [0.05, 0.1) is 0 Å².